The quantitative estimate of drug-likeness (QED) is 0.803. The lowest BCUT2D eigenvalue weighted by atomic mass is 9.94. The molecule has 1 aliphatic heterocycles. The summed E-state index contributed by atoms with van der Waals surface area (Å²) in [5.41, 5.74) is 1.05. The molecule has 2 rings (SSSR count). The van der Waals surface area contributed by atoms with Crippen LogP contribution >= 0.6 is 40.7 Å². The standard InChI is InChI=1S/C15H23BrN2O.2ClH/c1-11(2)10-14(18-8-6-17-7-9-18)12-4-3-5-13(16)15(12)19;;/h3-5,11,14,17,19H,6-10H2,1-2H3;2*1H/t14-;;/m1../s1. The summed E-state index contributed by atoms with van der Waals surface area (Å²) in [5.74, 6) is 1.00. The maximum atomic E-state index is 10.3. The zero-order chi connectivity index (χ0) is 13.8. The molecule has 0 aliphatic carbocycles. The number of rotatable bonds is 4. The smallest absolute Gasteiger partial charge is 0.134 e. The van der Waals surface area contributed by atoms with Gasteiger partial charge in [0, 0.05) is 37.8 Å². The molecule has 122 valence electrons. The third-order valence-electron chi connectivity index (χ3n) is 3.66. The number of nitrogens with one attached hydrogen (secondary N) is 1. The number of hydrogen-bond donors (Lipinski definition) is 2. The third kappa shape index (κ3) is 5.61. The van der Waals surface area contributed by atoms with Gasteiger partial charge < -0.3 is 10.4 Å². The van der Waals surface area contributed by atoms with E-state index in [1.807, 2.05) is 12.1 Å². The molecule has 3 nitrogen and oxygen atoms in total. The molecule has 1 aliphatic rings. The second kappa shape index (κ2) is 9.90. The fraction of sp³-hybridized carbons (Fsp3) is 0.600. The van der Waals surface area contributed by atoms with Gasteiger partial charge >= 0.3 is 0 Å². The summed E-state index contributed by atoms with van der Waals surface area (Å²) in [4.78, 5) is 2.48. The molecule has 0 saturated carbocycles. The summed E-state index contributed by atoms with van der Waals surface area (Å²) in [5, 5.41) is 13.7. The molecule has 0 amide bonds. The number of hydrogen-bond acceptors (Lipinski definition) is 3. The first-order chi connectivity index (χ1) is 9.09. The van der Waals surface area contributed by atoms with Gasteiger partial charge in [-0.2, -0.15) is 0 Å². The van der Waals surface area contributed by atoms with Crippen LogP contribution in [0.2, 0.25) is 0 Å². The molecule has 0 aromatic heterocycles. The maximum Gasteiger partial charge on any atom is 0.134 e. The van der Waals surface area contributed by atoms with Gasteiger partial charge in [-0.3, -0.25) is 4.90 Å². The Morgan fingerprint density at radius 3 is 2.43 bits per heavy atom. The molecule has 6 heteroatoms. The van der Waals surface area contributed by atoms with Gasteiger partial charge in [0.15, 0.2) is 0 Å². The van der Waals surface area contributed by atoms with Crippen LogP contribution in [0.1, 0.15) is 31.9 Å². The summed E-state index contributed by atoms with van der Waals surface area (Å²) in [7, 11) is 0. The summed E-state index contributed by atoms with van der Waals surface area (Å²) < 4.78 is 0.786. The Labute approximate surface area is 148 Å². The Bertz CT molecular complexity index is 426. The fourth-order valence-corrected chi connectivity index (χ4v) is 3.10. The molecule has 0 spiro atoms. The summed E-state index contributed by atoms with van der Waals surface area (Å²) in [6.07, 6.45) is 1.07. The number of phenols is 1. The predicted octanol–water partition coefficient (Wildman–Crippen LogP) is 3.99. The zero-order valence-corrected chi connectivity index (χ0v) is 15.7. The van der Waals surface area contributed by atoms with Gasteiger partial charge in [0.25, 0.3) is 0 Å². The predicted molar refractivity (Wildman–Crippen MR) is 96.9 cm³/mol. The number of halogens is 3. The van der Waals surface area contributed by atoms with Crippen LogP contribution in [-0.2, 0) is 0 Å². The van der Waals surface area contributed by atoms with Gasteiger partial charge in [0.2, 0.25) is 0 Å². The highest BCUT2D eigenvalue weighted by atomic mass is 79.9. The molecule has 2 N–H and O–H groups in total. The maximum absolute atomic E-state index is 10.3. The molecule has 1 aromatic rings. The van der Waals surface area contributed by atoms with Gasteiger partial charge in [-0.15, -0.1) is 24.8 Å². The van der Waals surface area contributed by atoms with E-state index in [4.69, 9.17) is 0 Å². The van der Waals surface area contributed by atoms with E-state index in [0.29, 0.717) is 17.7 Å². The van der Waals surface area contributed by atoms with Crippen LogP contribution in [0.4, 0.5) is 0 Å². The highest BCUT2D eigenvalue weighted by Crippen LogP contribution is 2.37. The van der Waals surface area contributed by atoms with E-state index in [1.165, 1.54) is 0 Å². The molecule has 1 atom stereocenters. The summed E-state index contributed by atoms with van der Waals surface area (Å²) in [6.45, 7) is 8.63. The van der Waals surface area contributed by atoms with E-state index < -0.39 is 0 Å². The van der Waals surface area contributed by atoms with Crippen molar-refractivity contribution in [3.8, 4) is 5.75 Å². The molecule has 1 fully saturated rings. The van der Waals surface area contributed by atoms with E-state index >= 15 is 0 Å². The molecule has 0 unspecified atom stereocenters. The van der Waals surface area contributed by atoms with E-state index in [2.05, 4.69) is 46.1 Å². The Hall–Kier alpha value is -0.000000000000000111. The monoisotopic (exact) mass is 398 g/mol. The van der Waals surface area contributed by atoms with Crippen LogP contribution in [-0.4, -0.2) is 36.2 Å². The van der Waals surface area contributed by atoms with Crippen LogP contribution in [0, 0.1) is 5.92 Å². The van der Waals surface area contributed by atoms with Crippen LogP contribution < -0.4 is 5.32 Å². The van der Waals surface area contributed by atoms with Crippen molar-refractivity contribution in [2.75, 3.05) is 26.2 Å². The minimum atomic E-state index is 0. The molecule has 1 aromatic carbocycles. The second-order valence-corrected chi connectivity index (χ2v) is 6.46. The molecule has 0 radical (unpaired) electrons. The summed E-state index contributed by atoms with van der Waals surface area (Å²) in [6, 6.07) is 6.26. The van der Waals surface area contributed by atoms with Crippen molar-refractivity contribution in [3.63, 3.8) is 0 Å². The van der Waals surface area contributed by atoms with E-state index in [0.717, 1.165) is 42.6 Å². The molecule has 1 heterocycles. The minimum absolute atomic E-state index is 0. The number of nitrogens with zero attached hydrogens (tertiary/aromatic N) is 1. The fourth-order valence-electron chi connectivity index (χ4n) is 2.71. The van der Waals surface area contributed by atoms with Gasteiger partial charge in [-0.1, -0.05) is 26.0 Å². The largest absolute Gasteiger partial charge is 0.506 e. The Morgan fingerprint density at radius 2 is 1.86 bits per heavy atom. The topological polar surface area (TPSA) is 35.5 Å². The lowest BCUT2D eigenvalue weighted by Crippen LogP contribution is -2.45. The second-order valence-electron chi connectivity index (χ2n) is 5.61. The van der Waals surface area contributed by atoms with Gasteiger partial charge in [0.1, 0.15) is 5.75 Å². The van der Waals surface area contributed by atoms with Crippen molar-refractivity contribution < 1.29 is 5.11 Å². The van der Waals surface area contributed by atoms with Crippen LogP contribution in [0.3, 0.4) is 0 Å². The van der Waals surface area contributed by atoms with Crippen LogP contribution in [0.25, 0.3) is 0 Å². The van der Waals surface area contributed by atoms with Crippen LogP contribution in [0.15, 0.2) is 22.7 Å². The Balaban J connectivity index is 0.00000200. The molecule has 1 saturated heterocycles. The number of benzene rings is 1. The first-order valence-electron chi connectivity index (χ1n) is 7.01. The molecular weight excluding hydrogens is 375 g/mol. The van der Waals surface area contributed by atoms with Crippen molar-refractivity contribution in [2.45, 2.75) is 26.3 Å². The Morgan fingerprint density at radius 1 is 1.24 bits per heavy atom. The highest BCUT2D eigenvalue weighted by molar-refractivity contribution is 9.10. The van der Waals surface area contributed by atoms with Gasteiger partial charge in [-0.05, 0) is 34.3 Å². The number of para-hydroxylation sites is 1. The van der Waals surface area contributed by atoms with E-state index in [1.54, 1.807) is 0 Å². The normalized spacial score (nSPS) is 17.0. The lowest BCUT2D eigenvalue weighted by Gasteiger charge is -2.36. The number of aromatic hydroxyl groups is 1. The van der Waals surface area contributed by atoms with Crippen molar-refractivity contribution in [2.24, 2.45) is 5.92 Å². The average molecular weight is 400 g/mol. The number of piperazine rings is 1. The minimum Gasteiger partial charge on any atom is -0.506 e. The molecular formula is C15H25BrCl2N2O. The number of phenolic OH excluding ortho intramolecular Hbond substituents is 1. The first-order valence-corrected chi connectivity index (χ1v) is 7.81. The van der Waals surface area contributed by atoms with Crippen molar-refractivity contribution in [3.05, 3.63) is 28.2 Å². The Kier molecular flexibility index (Phi) is 9.90. The van der Waals surface area contributed by atoms with Gasteiger partial charge in [-0.25, -0.2) is 0 Å². The van der Waals surface area contributed by atoms with Crippen molar-refractivity contribution in [1.82, 2.24) is 10.2 Å². The average Bonchev–Trinajstić information content (AvgIpc) is 2.40. The third-order valence-corrected chi connectivity index (χ3v) is 4.30. The van der Waals surface area contributed by atoms with Crippen molar-refractivity contribution in [1.29, 1.82) is 0 Å². The highest BCUT2D eigenvalue weighted by Gasteiger charge is 2.25. The zero-order valence-electron chi connectivity index (χ0n) is 12.5. The van der Waals surface area contributed by atoms with E-state index in [-0.39, 0.29) is 24.8 Å². The molecule has 21 heavy (non-hydrogen) atoms. The SMILES string of the molecule is CC(C)C[C@H](c1cccc(Br)c1O)N1CCNCC1.Cl.Cl. The van der Waals surface area contributed by atoms with E-state index in [9.17, 15) is 5.11 Å². The molecule has 0 bridgehead atoms. The summed E-state index contributed by atoms with van der Waals surface area (Å²) >= 11 is 3.42. The first kappa shape index (κ1) is 21.0. The van der Waals surface area contributed by atoms with Crippen molar-refractivity contribution >= 4 is 40.7 Å². The lowest BCUT2D eigenvalue weighted by molar-refractivity contribution is 0.151. The van der Waals surface area contributed by atoms with Gasteiger partial charge in [0.05, 0.1) is 4.47 Å². The van der Waals surface area contributed by atoms with Crippen LogP contribution in [0.5, 0.6) is 5.75 Å².